The van der Waals surface area contributed by atoms with Crippen LogP contribution < -0.4 is 0 Å². The Morgan fingerprint density at radius 3 is 2.42 bits per heavy atom. The Labute approximate surface area is 91.6 Å². The van der Waals surface area contributed by atoms with Crippen LogP contribution in [-0.4, -0.2) is 4.38 Å². The minimum Gasteiger partial charge on any atom is -0.788 e. The van der Waals surface area contributed by atoms with E-state index in [9.17, 15) is 0 Å². The zero-order chi connectivity index (χ0) is 9.14. The monoisotopic (exact) mass is 235 g/mol. The van der Waals surface area contributed by atoms with Crippen LogP contribution >= 0.6 is 23.2 Å². The van der Waals surface area contributed by atoms with Crippen LogP contribution in [0, 0.1) is 0 Å². The zero-order valence-electron chi connectivity index (χ0n) is 5.75. The number of benzene rings is 1. The Bertz CT molecular complexity index is 321. The third kappa shape index (κ3) is 2.75. The van der Waals surface area contributed by atoms with E-state index >= 15 is 0 Å². The normalized spacial score (nSPS) is 9.50. The van der Waals surface area contributed by atoms with Crippen LogP contribution in [0.2, 0.25) is 10.0 Å². The molecule has 0 aliphatic carbocycles. The molecule has 0 spiro atoms. The highest BCUT2D eigenvalue weighted by molar-refractivity contribution is 8.05. The van der Waals surface area contributed by atoms with Gasteiger partial charge >= 0.3 is 0 Å². The van der Waals surface area contributed by atoms with Crippen LogP contribution in [0.4, 0.5) is 5.69 Å². The molecule has 1 rings (SSSR count). The zero-order valence-corrected chi connectivity index (χ0v) is 8.90. The molecule has 0 aliphatic heterocycles. The summed E-state index contributed by atoms with van der Waals surface area (Å²) in [4.78, 5) is 3.86. The van der Waals surface area contributed by atoms with Crippen molar-refractivity contribution in [3.8, 4) is 0 Å². The van der Waals surface area contributed by atoms with E-state index in [4.69, 9.17) is 23.2 Å². The highest BCUT2D eigenvalue weighted by Gasteiger charge is 1.96. The summed E-state index contributed by atoms with van der Waals surface area (Å²) in [5.74, 6) is 0. The van der Waals surface area contributed by atoms with Gasteiger partial charge in [-0.1, -0.05) is 23.2 Å². The molecular formula is C7H3Cl2NS2-2. The van der Waals surface area contributed by atoms with Gasteiger partial charge in [0.15, 0.2) is 0 Å². The predicted octanol–water partition coefficient (Wildman–Crippen LogP) is 3.07. The maximum absolute atomic E-state index is 5.79. The first-order chi connectivity index (χ1) is 5.59. The second-order valence-electron chi connectivity index (χ2n) is 1.97. The van der Waals surface area contributed by atoms with Gasteiger partial charge in [0.1, 0.15) is 0 Å². The molecule has 0 amide bonds. The van der Waals surface area contributed by atoms with E-state index in [2.05, 4.69) is 30.2 Å². The van der Waals surface area contributed by atoms with Crippen LogP contribution in [0.25, 0.3) is 0 Å². The molecule has 1 nitrogen and oxygen atoms in total. The van der Waals surface area contributed by atoms with Gasteiger partial charge in [-0.25, -0.2) is 4.38 Å². The summed E-state index contributed by atoms with van der Waals surface area (Å²) < 4.78 is 0.138. The lowest BCUT2D eigenvalue weighted by molar-refractivity contribution is 1.55. The largest absolute Gasteiger partial charge is 0.788 e. The lowest BCUT2D eigenvalue weighted by atomic mass is 10.3. The maximum Gasteiger partial charge on any atom is 0.0774 e. The minimum atomic E-state index is 0.138. The van der Waals surface area contributed by atoms with Gasteiger partial charge < -0.3 is 30.2 Å². The standard InChI is InChI=1S/C7H5Cl2NS2/c8-4-1-2-6(5(9)3-4)10-7(11)12/h1-3H,(H2,10,11,12)/p-2. The molecular weight excluding hydrogens is 233 g/mol. The number of halogens is 2. The van der Waals surface area contributed by atoms with E-state index in [-0.39, 0.29) is 4.38 Å². The smallest absolute Gasteiger partial charge is 0.0774 e. The average Bonchev–Trinajstić information content (AvgIpc) is 1.94. The van der Waals surface area contributed by atoms with Crippen molar-refractivity contribution in [2.45, 2.75) is 0 Å². The van der Waals surface area contributed by atoms with Crippen molar-refractivity contribution >= 4 is 58.5 Å². The number of nitrogens with zero attached hydrogens (tertiary/aromatic N) is 1. The molecule has 1 aromatic carbocycles. The maximum atomic E-state index is 5.79. The minimum absolute atomic E-state index is 0.138. The fourth-order valence-corrected chi connectivity index (χ4v) is 1.32. The highest BCUT2D eigenvalue weighted by Crippen LogP contribution is 2.27. The predicted molar refractivity (Wildman–Crippen MR) is 58.3 cm³/mol. The molecule has 0 fully saturated rings. The van der Waals surface area contributed by atoms with Gasteiger partial charge in [0.25, 0.3) is 0 Å². The summed E-state index contributed by atoms with van der Waals surface area (Å²) in [5, 5.41) is 1.02. The highest BCUT2D eigenvalue weighted by atomic mass is 35.5. The van der Waals surface area contributed by atoms with Crippen LogP contribution in [-0.2, 0) is 25.3 Å². The van der Waals surface area contributed by atoms with Crippen molar-refractivity contribution in [2.75, 3.05) is 0 Å². The Kier molecular flexibility index (Phi) is 3.53. The molecule has 64 valence electrons. The number of rotatable bonds is 1. The Morgan fingerprint density at radius 2 is 1.92 bits per heavy atom. The number of aliphatic imine (C=N–C) groups is 1. The number of hydrogen-bond acceptors (Lipinski definition) is 3. The molecule has 5 heteroatoms. The third-order valence-electron chi connectivity index (χ3n) is 1.12. The van der Waals surface area contributed by atoms with Gasteiger partial charge in [-0.15, -0.1) is 0 Å². The van der Waals surface area contributed by atoms with Gasteiger partial charge in [0.05, 0.1) is 10.7 Å². The van der Waals surface area contributed by atoms with E-state index in [0.717, 1.165) is 0 Å². The summed E-state index contributed by atoms with van der Waals surface area (Å²) in [6.07, 6.45) is 0. The molecule has 0 bridgehead atoms. The molecule has 0 radical (unpaired) electrons. The van der Waals surface area contributed by atoms with E-state index in [1.807, 2.05) is 0 Å². The lowest BCUT2D eigenvalue weighted by Gasteiger charge is -2.16. The van der Waals surface area contributed by atoms with Crippen LogP contribution in [0.15, 0.2) is 23.2 Å². The van der Waals surface area contributed by atoms with Crippen molar-refractivity contribution in [3.63, 3.8) is 0 Å². The van der Waals surface area contributed by atoms with Gasteiger partial charge in [-0.05, 0) is 18.2 Å². The summed E-state index contributed by atoms with van der Waals surface area (Å²) in [6.45, 7) is 0. The van der Waals surface area contributed by atoms with Crippen LogP contribution in [0.3, 0.4) is 0 Å². The second kappa shape index (κ2) is 4.23. The van der Waals surface area contributed by atoms with E-state index in [1.54, 1.807) is 18.2 Å². The van der Waals surface area contributed by atoms with E-state index in [1.165, 1.54) is 0 Å². The molecule has 0 N–H and O–H groups in total. The van der Waals surface area contributed by atoms with Gasteiger partial charge in [-0.3, -0.25) is 0 Å². The Hall–Kier alpha value is -0.0900. The van der Waals surface area contributed by atoms with E-state index in [0.29, 0.717) is 15.7 Å². The molecule has 0 aromatic heterocycles. The number of hydrogen-bond donors (Lipinski definition) is 0. The van der Waals surface area contributed by atoms with Crippen molar-refractivity contribution < 1.29 is 0 Å². The average molecular weight is 236 g/mol. The second-order valence-corrected chi connectivity index (χ2v) is 3.85. The third-order valence-corrected chi connectivity index (χ3v) is 1.84. The van der Waals surface area contributed by atoms with Gasteiger partial charge in [-0.2, -0.15) is 0 Å². The van der Waals surface area contributed by atoms with Crippen molar-refractivity contribution in [2.24, 2.45) is 4.99 Å². The molecule has 0 aliphatic rings. The molecule has 0 unspecified atom stereocenters. The van der Waals surface area contributed by atoms with Gasteiger partial charge in [0.2, 0.25) is 0 Å². The molecule has 0 heterocycles. The van der Waals surface area contributed by atoms with Crippen LogP contribution in [0.1, 0.15) is 0 Å². The Balaban J connectivity index is 3.10. The lowest BCUT2D eigenvalue weighted by Crippen LogP contribution is -1.81. The van der Waals surface area contributed by atoms with E-state index < -0.39 is 0 Å². The summed E-state index contributed by atoms with van der Waals surface area (Å²) in [5.41, 5.74) is 0.557. The molecule has 0 saturated carbocycles. The summed E-state index contributed by atoms with van der Waals surface area (Å²) in [7, 11) is 0. The first-order valence-corrected chi connectivity index (χ1v) is 4.54. The molecule has 0 atom stereocenters. The van der Waals surface area contributed by atoms with Gasteiger partial charge in [0, 0.05) is 5.02 Å². The SMILES string of the molecule is [S-]C([S-])=Nc1ccc(Cl)cc1Cl. The van der Waals surface area contributed by atoms with Crippen molar-refractivity contribution in [3.05, 3.63) is 28.2 Å². The van der Waals surface area contributed by atoms with Crippen molar-refractivity contribution in [1.29, 1.82) is 0 Å². The van der Waals surface area contributed by atoms with Crippen LogP contribution in [0.5, 0.6) is 0 Å². The molecule has 1 aromatic rings. The quantitative estimate of drug-likeness (QED) is 0.422. The molecule has 12 heavy (non-hydrogen) atoms. The fraction of sp³-hybridized carbons (Fsp3) is 0. The Morgan fingerprint density at radius 1 is 1.25 bits per heavy atom. The summed E-state index contributed by atoms with van der Waals surface area (Å²) >= 11 is 20.7. The first-order valence-electron chi connectivity index (χ1n) is 2.97. The first kappa shape index (κ1) is 9.99. The fourth-order valence-electron chi connectivity index (χ4n) is 0.670. The topological polar surface area (TPSA) is 12.4 Å². The summed E-state index contributed by atoms with van der Waals surface area (Å²) in [6, 6.07) is 4.94. The van der Waals surface area contributed by atoms with Crippen molar-refractivity contribution in [1.82, 2.24) is 0 Å². The molecule has 0 saturated heterocycles.